The lowest BCUT2D eigenvalue weighted by atomic mass is 9.89. The molecule has 1 saturated heterocycles. The number of methoxy groups -OCH3 is 1. The first kappa shape index (κ1) is 12.6. The van der Waals surface area contributed by atoms with Crippen LogP contribution in [0, 0.1) is 5.92 Å². The average Bonchev–Trinajstić information content (AvgIpc) is 2.42. The molecule has 0 aliphatic carbocycles. The van der Waals surface area contributed by atoms with E-state index in [1.54, 1.807) is 7.11 Å². The maximum Gasteiger partial charge on any atom is 0.108 e. The number of hydrogen-bond donors (Lipinski definition) is 1. The molecular formula is C14H20O3. The molecule has 0 spiro atoms. The number of aliphatic hydroxyl groups is 1. The Morgan fingerprint density at radius 2 is 2.12 bits per heavy atom. The Balaban J connectivity index is 2.07. The van der Waals surface area contributed by atoms with Crippen molar-refractivity contribution in [3.05, 3.63) is 35.9 Å². The van der Waals surface area contributed by atoms with E-state index in [9.17, 15) is 5.11 Å². The highest BCUT2D eigenvalue weighted by atomic mass is 16.5. The van der Waals surface area contributed by atoms with Crippen LogP contribution in [0.2, 0.25) is 0 Å². The van der Waals surface area contributed by atoms with E-state index in [-0.39, 0.29) is 12.0 Å². The summed E-state index contributed by atoms with van der Waals surface area (Å²) in [5.41, 5.74) is 1.02. The largest absolute Gasteiger partial charge is 0.390 e. The zero-order chi connectivity index (χ0) is 12.1. The Hall–Kier alpha value is -0.900. The van der Waals surface area contributed by atoms with E-state index in [0.717, 1.165) is 25.0 Å². The Kier molecular flexibility index (Phi) is 4.54. The quantitative estimate of drug-likeness (QED) is 0.870. The van der Waals surface area contributed by atoms with E-state index in [1.165, 1.54) is 0 Å². The number of hydrogen-bond acceptors (Lipinski definition) is 3. The molecular weight excluding hydrogens is 216 g/mol. The zero-order valence-electron chi connectivity index (χ0n) is 10.2. The summed E-state index contributed by atoms with van der Waals surface area (Å²) in [5.74, 6) is 0.175. The minimum atomic E-state index is -0.498. The van der Waals surface area contributed by atoms with E-state index in [1.807, 2.05) is 30.3 Å². The van der Waals surface area contributed by atoms with Crippen molar-refractivity contribution in [2.75, 3.05) is 20.3 Å². The van der Waals surface area contributed by atoms with Gasteiger partial charge in [0.05, 0.1) is 12.7 Å². The van der Waals surface area contributed by atoms with Gasteiger partial charge in [-0.3, -0.25) is 0 Å². The standard InChI is InChI=1S/C14H20O3/c1-16-14(11-6-3-2-4-7-11)13(15)12-8-5-9-17-10-12/h2-4,6-7,12-15H,5,8-10H2,1H3. The summed E-state index contributed by atoms with van der Waals surface area (Å²) in [7, 11) is 1.64. The molecule has 3 atom stereocenters. The predicted octanol–water partition coefficient (Wildman–Crippen LogP) is 2.16. The highest BCUT2D eigenvalue weighted by molar-refractivity contribution is 5.19. The average molecular weight is 236 g/mol. The van der Waals surface area contributed by atoms with Crippen molar-refractivity contribution >= 4 is 0 Å². The van der Waals surface area contributed by atoms with Crippen LogP contribution in [0.15, 0.2) is 30.3 Å². The number of benzene rings is 1. The topological polar surface area (TPSA) is 38.7 Å². The number of rotatable bonds is 4. The molecule has 0 bridgehead atoms. The minimum Gasteiger partial charge on any atom is -0.390 e. The molecule has 1 fully saturated rings. The molecule has 1 N–H and O–H groups in total. The van der Waals surface area contributed by atoms with Crippen LogP contribution in [0.25, 0.3) is 0 Å². The van der Waals surface area contributed by atoms with Gasteiger partial charge in [-0.15, -0.1) is 0 Å². The molecule has 3 unspecified atom stereocenters. The summed E-state index contributed by atoms with van der Waals surface area (Å²) >= 11 is 0. The van der Waals surface area contributed by atoms with E-state index < -0.39 is 6.10 Å². The third-order valence-electron chi connectivity index (χ3n) is 3.37. The third-order valence-corrected chi connectivity index (χ3v) is 3.37. The van der Waals surface area contributed by atoms with E-state index in [0.29, 0.717) is 6.61 Å². The Labute approximate surface area is 102 Å². The van der Waals surface area contributed by atoms with Gasteiger partial charge in [0.2, 0.25) is 0 Å². The molecule has 0 radical (unpaired) electrons. The fourth-order valence-corrected chi connectivity index (χ4v) is 2.40. The Morgan fingerprint density at radius 3 is 2.71 bits per heavy atom. The van der Waals surface area contributed by atoms with Gasteiger partial charge in [0, 0.05) is 19.6 Å². The van der Waals surface area contributed by atoms with Crippen LogP contribution in [0.5, 0.6) is 0 Å². The van der Waals surface area contributed by atoms with Crippen LogP contribution in [0.1, 0.15) is 24.5 Å². The van der Waals surface area contributed by atoms with Crippen LogP contribution in [0.3, 0.4) is 0 Å². The lowest BCUT2D eigenvalue weighted by molar-refractivity contribution is -0.0802. The SMILES string of the molecule is COC(c1ccccc1)C(O)C1CCCOC1. The van der Waals surface area contributed by atoms with Crippen LogP contribution in [-0.4, -0.2) is 31.5 Å². The van der Waals surface area contributed by atoms with Gasteiger partial charge in [-0.05, 0) is 18.4 Å². The summed E-state index contributed by atoms with van der Waals surface area (Å²) in [6.07, 6.45) is 1.27. The molecule has 17 heavy (non-hydrogen) atoms. The summed E-state index contributed by atoms with van der Waals surface area (Å²) in [4.78, 5) is 0. The first-order valence-corrected chi connectivity index (χ1v) is 6.16. The first-order valence-electron chi connectivity index (χ1n) is 6.16. The maximum atomic E-state index is 10.4. The van der Waals surface area contributed by atoms with E-state index >= 15 is 0 Å². The fraction of sp³-hybridized carbons (Fsp3) is 0.571. The summed E-state index contributed by atoms with van der Waals surface area (Å²) in [6.45, 7) is 1.44. The van der Waals surface area contributed by atoms with E-state index in [2.05, 4.69) is 0 Å². The lowest BCUT2D eigenvalue weighted by Crippen LogP contribution is -2.34. The van der Waals surface area contributed by atoms with Gasteiger partial charge in [0.25, 0.3) is 0 Å². The maximum absolute atomic E-state index is 10.4. The fourth-order valence-electron chi connectivity index (χ4n) is 2.40. The Morgan fingerprint density at radius 1 is 1.35 bits per heavy atom. The third kappa shape index (κ3) is 3.06. The van der Waals surface area contributed by atoms with Gasteiger partial charge < -0.3 is 14.6 Å². The zero-order valence-corrected chi connectivity index (χ0v) is 10.2. The van der Waals surface area contributed by atoms with E-state index in [4.69, 9.17) is 9.47 Å². The van der Waals surface area contributed by atoms with Crippen molar-refractivity contribution in [1.29, 1.82) is 0 Å². The molecule has 0 amide bonds. The number of aliphatic hydroxyl groups excluding tert-OH is 1. The molecule has 3 heteroatoms. The molecule has 0 saturated carbocycles. The van der Waals surface area contributed by atoms with Gasteiger partial charge in [-0.25, -0.2) is 0 Å². The van der Waals surface area contributed by atoms with Crippen LogP contribution in [-0.2, 0) is 9.47 Å². The summed E-state index contributed by atoms with van der Waals surface area (Å²) in [6, 6.07) is 9.87. The van der Waals surface area contributed by atoms with Crippen LogP contribution < -0.4 is 0 Å². The monoisotopic (exact) mass is 236 g/mol. The smallest absolute Gasteiger partial charge is 0.108 e. The van der Waals surface area contributed by atoms with Crippen molar-refractivity contribution in [2.24, 2.45) is 5.92 Å². The second-order valence-electron chi connectivity index (χ2n) is 4.53. The molecule has 1 heterocycles. The molecule has 1 aliphatic heterocycles. The van der Waals surface area contributed by atoms with Crippen molar-refractivity contribution in [3.63, 3.8) is 0 Å². The number of ether oxygens (including phenoxy) is 2. The molecule has 1 aliphatic rings. The van der Waals surface area contributed by atoms with Crippen LogP contribution in [0.4, 0.5) is 0 Å². The van der Waals surface area contributed by atoms with Crippen LogP contribution >= 0.6 is 0 Å². The van der Waals surface area contributed by atoms with Crippen molar-refractivity contribution in [2.45, 2.75) is 25.0 Å². The van der Waals surface area contributed by atoms with Crippen molar-refractivity contribution in [1.82, 2.24) is 0 Å². The lowest BCUT2D eigenvalue weighted by Gasteiger charge is -2.31. The minimum absolute atomic E-state index is 0.175. The van der Waals surface area contributed by atoms with Gasteiger partial charge in [0.1, 0.15) is 6.10 Å². The highest BCUT2D eigenvalue weighted by Crippen LogP contribution is 2.29. The second-order valence-corrected chi connectivity index (χ2v) is 4.53. The summed E-state index contributed by atoms with van der Waals surface area (Å²) < 4.78 is 10.9. The molecule has 2 rings (SSSR count). The molecule has 1 aromatic carbocycles. The highest BCUT2D eigenvalue weighted by Gasteiger charge is 2.30. The second kappa shape index (κ2) is 6.15. The predicted molar refractivity (Wildman–Crippen MR) is 65.7 cm³/mol. The summed E-state index contributed by atoms with van der Waals surface area (Å²) in [5, 5.41) is 10.4. The molecule has 0 aromatic heterocycles. The van der Waals surface area contributed by atoms with Gasteiger partial charge in [-0.1, -0.05) is 30.3 Å². The molecule has 94 valence electrons. The van der Waals surface area contributed by atoms with Gasteiger partial charge in [0.15, 0.2) is 0 Å². The Bertz CT molecular complexity index is 319. The normalized spacial score (nSPS) is 24.2. The van der Waals surface area contributed by atoms with Gasteiger partial charge >= 0.3 is 0 Å². The molecule has 3 nitrogen and oxygen atoms in total. The van der Waals surface area contributed by atoms with Crippen molar-refractivity contribution in [3.8, 4) is 0 Å². The van der Waals surface area contributed by atoms with Gasteiger partial charge in [-0.2, -0.15) is 0 Å². The first-order chi connectivity index (χ1) is 8.33. The van der Waals surface area contributed by atoms with Crippen molar-refractivity contribution < 1.29 is 14.6 Å². The molecule has 1 aromatic rings.